The second-order valence-corrected chi connectivity index (χ2v) is 5.83. The van der Waals surface area contributed by atoms with E-state index in [2.05, 4.69) is 10.2 Å². The fourth-order valence-electron chi connectivity index (χ4n) is 2.24. The van der Waals surface area contributed by atoms with Crippen LogP contribution in [0.5, 0.6) is 0 Å². The second-order valence-electron chi connectivity index (χ2n) is 5.83. The number of anilines is 1. The summed E-state index contributed by atoms with van der Waals surface area (Å²) in [6.07, 6.45) is 5.02. The van der Waals surface area contributed by atoms with Crippen molar-refractivity contribution in [3.8, 4) is 0 Å². The number of carbonyl (C=O) groups excluding carboxylic acids is 2. The summed E-state index contributed by atoms with van der Waals surface area (Å²) < 4.78 is 0. The molecule has 0 fully saturated rings. The van der Waals surface area contributed by atoms with Crippen molar-refractivity contribution in [3.05, 3.63) is 82.9 Å². The van der Waals surface area contributed by atoms with Gasteiger partial charge in [-0.05, 0) is 43.2 Å². The van der Waals surface area contributed by atoms with Gasteiger partial charge in [0.1, 0.15) is 6.61 Å². The molecule has 0 radical (unpaired) electrons. The molecule has 0 spiro atoms. The molecule has 5 nitrogen and oxygen atoms in total. The first kappa shape index (κ1) is 19.3. The summed E-state index contributed by atoms with van der Waals surface area (Å²) in [6.45, 7) is 3.43. The van der Waals surface area contributed by atoms with Gasteiger partial charge < -0.3 is 5.32 Å². The van der Waals surface area contributed by atoms with Crippen LogP contribution in [0.1, 0.15) is 23.6 Å². The van der Waals surface area contributed by atoms with Crippen LogP contribution < -0.4 is 5.32 Å². The van der Waals surface area contributed by atoms with E-state index in [0.29, 0.717) is 5.69 Å². The molecule has 2 aromatic carbocycles. The SMILES string of the molecule is CC(=O)/C(=C/C=C/c1ccc(C)cc1)C(=O)Nc1ccc(COO)cc1. The number of ketones is 1. The molecule has 2 N–H and O–H groups in total. The van der Waals surface area contributed by atoms with Gasteiger partial charge in [0.2, 0.25) is 0 Å². The highest BCUT2D eigenvalue weighted by molar-refractivity contribution is 6.23. The Kier molecular flexibility index (Phi) is 7.02. The monoisotopic (exact) mass is 351 g/mol. The van der Waals surface area contributed by atoms with Crippen LogP contribution in [0.25, 0.3) is 6.08 Å². The lowest BCUT2D eigenvalue weighted by Gasteiger charge is -2.07. The molecule has 0 aliphatic rings. The number of rotatable bonds is 7. The van der Waals surface area contributed by atoms with Gasteiger partial charge in [-0.25, -0.2) is 4.89 Å². The minimum Gasteiger partial charge on any atom is -0.322 e. The molecule has 0 heterocycles. The van der Waals surface area contributed by atoms with E-state index in [0.717, 1.165) is 16.7 Å². The maximum atomic E-state index is 12.4. The highest BCUT2D eigenvalue weighted by atomic mass is 17.1. The molecule has 2 rings (SSSR count). The summed E-state index contributed by atoms with van der Waals surface area (Å²) in [4.78, 5) is 28.2. The number of Topliss-reactive ketones (excluding diaryl/α,β-unsaturated/α-hetero) is 1. The minimum absolute atomic E-state index is 0.0659. The lowest BCUT2D eigenvalue weighted by atomic mass is 10.1. The first-order valence-corrected chi connectivity index (χ1v) is 8.12. The first-order valence-electron chi connectivity index (χ1n) is 8.12. The summed E-state index contributed by atoms with van der Waals surface area (Å²) in [7, 11) is 0. The van der Waals surface area contributed by atoms with Gasteiger partial charge in [0, 0.05) is 5.69 Å². The number of nitrogens with one attached hydrogen (secondary N) is 1. The van der Waals surface area contributed by atoms with Crippen LogP contribution in [0, 0.1) is 6.92 Å². The molecule has 0 saturated heterocycles. The Morgan fingerprint density at radius 1 is 1.08 bits per heavy atom. The van der Waals surface area contributed by atoms with Gasteiger partial charge in [-0.15, -0.1) is 0 Å². The van der Waals surface area contributed by atoms with E-state index in [-0.39, 0.29) is 18.0 Å². The van der Waals surface area contributed by atoms with E-state index in [4.69, 9.17) is 5.26 Å². The maximum Gasteiger partial charge on any atom is 0.259 e. The van der Waals surface area contributed by atoms with Crippen LogP contribution in [-0.4, -0.2) is 16.9 Å². The summed E-state index contributed by atoms with van der Waals surface area (Å²) in [5, 5.41) is 11.1. The summed E-state index contributed by atoms with van der Waals surface area (Å²) >= 11 is 0. The van der Waals surface area contributed by atoms with E-state index in [1.165, 1.54) is 13.0 Å². The van der Waals surface area contributed by atoms with Crippen molar-refractivity contribution in [3.63, 3.8) is 0 Å². The smallest absolute Gasteiger partial charge is 0.259 e. The number of benzene rings is 2. The normalized spacial score (nSPS) is 11.6. The van der Waals surface area contributed by atoms with E-state index in [1.807, 2.05) is 37.3 Å². The fraction of sp³-hybridized carbons (Fsp3) is 0.143. The molecule has 0 saturated carbocycles. The molecular formula is C21H21NO4. The van der Waals surface area contributed by atoms with Crippen molar-refractivity contribution >= 4 is 23.5 Å². The third-order valence-corrected chi connectivity index (χ3v) is 3.70. The predicted octanol–water partition coefficient (Wildman–Crippen LogP) is 4.15. The zero-order valence-corrected chi connectivity index (χ0v) is 14.7. The lowest BCUT2D eigenvalue weighted by molar-refractivity contribution is -0.253. The number of allylic oxidation sites excluding steroid dienone is 2. The molecule has 2 aromatic rings. The number of hydrogen-bond acceptors (Lipinski definition) is 4. The van der Waals surface area contributed by atoms with Crippen molar-refractivity contribution in [1.29, 1.82) is 0 Å². The van der Waals surface area contributed by atoms with E-state index >= 15 is 0 Å². The molecule has 0 atom stereocenters. The lowest BCUT2D eigenvalue weighted by Crippen LogP contribution is -2.18. The van der Waals surface area contributed by atoms with E-state index in [9.17, 15) is 9.59 Å². The average molecular weight is 351 g/mol. The predicted molar refractivity (Wildman–Crippen MR) is 101 cm³/mol. The van der Waals surface area contributed by atoms with Crippen molar-refractivity contribution in [1.82, 2.24) is 0 Å². The van der Waals surface area contributed by atoms with Gasteiger partial charge in [0.15, 0.2) is 5.78 Å². The second kappa shape index (κ2) is 9.46. The largest absolute Gasteiger partial charge is 0.322 e. The highest BCUT2D eigenvalue weighted by Gasteiger charge is 2.13. The van der Waals surface area contributed by atoms with Crippen molar-refractivity contribution < 1.29 is 19.7 Å². The molecule has 26 heavy (non-hydrogen) atoms. The van der Waals surface area contributed by atoms with Gasteiger partial charge in [-0.2, -0.15) is 0 Å². The van der Waals surface area contributed by atoms with Gasteiger partial charge in [-0.1, -0.05) is 54.1 Å². The summed E-state index contributed by atoms with van der Waals surface area (Å²) in [5.74, 6) is -0.793. The van der Waals surface area contributed by atoms with Crippen molar-refractivity contribution in [2.24, 2.45) is 0 Å². The third-order valence-electron chi connectivity index (χ3n) is 3.70. The van der Waals surface area contributed by atoms with E-state index < -0.39 is 5.91 Å². The Hall–Kier alpha value is -3.02. The highest BCUT2D eigenvalue weighted by Crippen LogP contribution is 2.12. The zero-order valence-electron chi connectivity index (χ0n) is 14.7. The molecule has 0 aliphatic heterocycles. The standard InChI is InChI=1S/C21H21NO4/c1-15-6-8-17(9-7-15)4-3-5-20(16(2)23)21(24)22-19-12-10-18(11-13-19)14-26-25/h3-13,25H,14H2,1-2H3,(H,22,24)/b4-3+,20-5-. The van der Waals surface area contributed by atoms with Gasteiger partial charge in [-0.3, -0.25) is 14.8 Å². The summed E-state index contributed by atoms with van der Waals surface area (Å²) in [6, 6.07) is 14.7. The van der Waals surface area contributed by atoms with E-state index in [1.54, 1.807) is 30.3 Å². The molecule has 5 heteroatoms. The molecule has 0 aromatic heterocycles. The Labute approximate surface area is 152 Å². The topological polar surface area (TPSA) is 75.6 Å². The number of amides is 1. The van der Waals surface area contributed by atoms with Crippen molar-refractivity contribution in [2.45, 2.75) is 20.5 Å². The molecule has 134 valence electrons. The fourth-order valence-corrected chi connectivity index (χ4v) is 2.24. The van der Waals surface area contributed by atoms with Crippen LogP contribution in [-0.2, 0) is 21.1 Å². The average Bonchev–Trinajstić information content (AvgIpc) is 2.61. The third kappa shape index (κ3) is 5.81. The van der Waals surface area contributed by atoms with Crippen LogP contribution in [0.4, 0.5) is 5.69 Å². The Morgan fingerprint density at radius 3 is 2.31 bits per heavy atom. The van der Waals surface area contributed by atoms with Gasteiger partial charge >= 0.3 is 0 Å². The number of hydrogen-bond donors (Lipinski definition) is 2. The Morgan fingerprint density at radius 2 is 1.73 bits per heavy atom. The number of carbonyl (C=O) groups is 2. The van der Waals surface area contributed by atoms with Crippen LogP contribution >= 0.6 is 0 Å². The number of aryl methyl sites for hydroxylation is 1. The van der Waals surface area contributed by atoms with Crippen molar-refractivity contribution in [2.75, 3.05) is 5.32 Å². The zero-order chi connectivity index (χ0) is 18.9. The van der Waals surface area contributed by atoms with Gasteiger partial charge in [0.05, 0.1) is 5.57 Å². The molecule has 0 aliphatic carbocycles. The minimum atomic E-state index is -0.475. The molecule has 0 unspecified atom stereocenters. The Bertz CT molecular complexity index is 818. The molecule has 1 amide bonds. The van der Waals surface area contributed by atoms with Gasteiger partial charge in [0.25, 0.3) is 5.91 Å². The summed E-state index contributed by atoms with van der Waals surface area (Å²) in [5.41, 5.74) is 3.52. The maximum absolute atomic E-state index is 12.4. The molecule has 0 bridgehead atoms. The van der Waals surface area contributed by atoms with Crippen LogP contribution in [0.15, 0.2) is 66.3 Å². The first-order chi connectivity index (χ1) is 12.5. The van der Waals surface area contributed by atoms with Crippen LogP contribution in [0.3, 0.4) is 0 Å². The molecular weight excluding hydrogens is 330 g/mol. The quantitative estimate of drug-likeness (QED) is 0.196. The van der Waals surface area contributed by atoms with Crippen LogP contribution in [0.2, 0.25) is 0 Å². The Balaban J connectivity index is 2.08.